The van der Waals surface area contributed by atoms with E-state index in [2.05, 4.69) is 15.9 Å². The molecule has 2 aromatic rings. The van der Waals surface area contributed by atoms with Crippen LogP contribution in [0.3, 0.4) is 0 Å². The van der Waals surface area contributed by atoms with E-state index in [-0.39, 0.29) is 0 Å². The van der Waals surface area contributed by atoms with Crippen molar-refractivity contribution in [2.45, 2.75) is 0 Å². The SMILES string of the molecule is O=[N+]([O-])n1c(Br)cc2ccccc21. The van der Waals surface area contributed by atoms with Crippen LogP contribution in [0.5, 0.6) is 0 Å². The molecule has 0 atom stereocenters. The normalized spacial score (nSPS) is 10.5. The van der Waals surface area contributed by atoms with Gasteiger partial charge in [-0.15, -0.1) is 0 Å². The summed E-state index contributed by atoms with van der Waals surface area (Å²) >= 11 is 3.13. The van der Waals surface area contributed by atoms with Crippen molar-refractivity contribution in [3.63, 3.8) is 0 Å². The van der Waals surface area contributed by atoms with Crippen LogP contribution in [-0.4, -0.2) is 9.71 Å². The number of nitro groups is 1. The number of benzene rings is 1. The zero-order valence-corrected chi connectivity index (χ0v) is 8.06. The summed E-state index contributed by atoms with van der Waals surface area (Å²) in [6.45, 7) is 0. The Hall–Kier alpha value is -1.36. The summed E-state index contributed by atoms with van der Waals surface area (Å²) in [4.78, 5) is 10.6. The van der Waals surface area contributed by atoms with Gasteiger partial charge in [-0.05, 0) is 28.1 Å². The molecule has 0 saturated heterocycles. The minimum absolute atomic E-state index is 0.452. The lowest BCUT2D eigenvalue weighted by atomic mass is 10.3. The summed E-state index contributed by atoms with van der Waals surface area (Å²) in [6, 6.07) is 8.88. The molecule has 0 amide bonds. The maximum atomic E-state index is 10.6. The van der Waals surface area contributed by atoms with Crippen LogP contribution in [-0.2, 0) is 0 Å². The van der Waals surface area contributed by atoms with E-state index in [1.165, 1.54) is 0 Å². The number of hydrogen-bond donors (Lipinski definition) is 0. The van der Waals surface area contributed by atoms with E-state index in [0.29, 0.717) is 10.1 Å². The Labute approximate surface area is 82.0 Å². The summed E-state index contributed by atoms with van der Waals surface area (Å²) < 4.78 is 1.47. The molecule has 0 unspecified atom stereocenters. The summed E-state index contributed by atoms with van der Waals surface area (Å²) in [5.74, 6) is 0. The van der Waals surface area contributed by atoms with Gasteiger partial charge < -0.3 is 0 Å². The minimum atomic E-state index is -0.452. The summed E-state index contributed by atoms with van der Waals surface area (Å²) in [6.07, 6.45) is 0. The molecule has 5 heteroatoms. The van der Waals surface area contributed by atoms with E-state index in [9.17, 15) is 10.1 Å². The molecule has 1 aromatic heterocycles. The maximum absolute atomic E-state index is 10.6. The van der Waals surface area contributed by atoms with Gasteiger partial charge >= 0.3 is 0 Å². The minimum Gasteiger partial charge on any atom is -0.234 e. The Morgan fingerprint density at radius 1 is 1.38 bits per heavy atom. The van der Waals surface area contributed by atoms with Crippen molar-refractivity contribution < 1.29 is 5.03 Å². The van der Waals surface area contributed by atoms with Crippen LogP contribution in [0.4, 0.5) is 0 Å². The van der Waals surface area contributed by atoms with Gasteiger partial charge in [-0.25, -0.2) is 10.1 Å². The van der Waals surface area contributed by atoms with Gasteiger partial charge in [-0.1, -0.05) is 22.9 Å². The topological polar surface area (TPSA) is 48.1 Å². The highest BCUT2D eigenvalue weighted by atomic mass is 79.9. The third kappa shape index (κ3) is 1.21. The summed E-state index contributed by atoms with van der Waals surface area (Å²) in [7, 11) is 0. The first-order valence-electron chi connectivity index (χ1n) is 3.61. The Morgan fingerprint density at radius 3 is 2.77 bits per heavy atom. The molecule has 0 radical (unpaired) electrons. The highest BCUT2D eigenvalue weighted by Crippen LogP contribution is 2.22. The van der Waals surface area contributed by atoms with Crippen LogP contribution in [0, 0.1) is 10.1 Å². The number of rotatable bonds is 1. The fourth-order valence-corrected chi connectivity index (χ4v) is 1.84. The second-order valence-electron chi connectivity index (χ2n) is 2.58. The molecule has 66 valence electrons. The fourth-order valence-electron chi connectivity index (χ4n) is 1.27. The first kappa shape index (κ1) is 8.25. The zero-order valence-electron chi connectivity index (χ0n) is 6.48. The van der Waals surface area contributed by atoms with Gasteiger partial charge in [-0.2, -0.15) is 0 Å². The molecule has 0 bridgehead atoms. The van der Waals surface area contributed by atoms with E-state index in [0.717, 1.165) is 10.1 Å². The van der Waals surface area contributed by atoms with E-state index < -0.39 is 5.03 Å². The van der Waals surface area contributed by atoms with E-state index in [1.807, 2.05) is 12.1 Å². The average molecular weight is 241 g/mol. The molecule has 2 rings (SSSR count). The monoisotopic (exact) mass is 240 g/mol. The number of aromatic nitrogens is 1. The fraction of sp³-hybridized carbons (Fsp3) is 0. The number of fused-ring (bicyclic) bond motifs is 1. The quantitative estimate of drug-likeness (QED) is 0.568. The van der Waals surface area contributed by atoms with Gasteiger partial charge in [-0.3, -0.25) is 0 Å². The maximum Gasteiger partial charge on any atom is 0.170 e. The lowest BCUT2D eigenvalue weighted by Crippen LogP contribution is -2.07. The molecular formula is C8H5BrN2O2. The van der Waals surface area contributed by atoms with Crippen LogP contribution in [0.15, 0.2) is 34.9 Å². The first-order chi connectivity index (χ1) is 6.20. The molecule has 0 saturated carbocycles. The molecule has 1 aromatic carbocycles. The lowest BCUT2D eigenvalue weighted by Gasteiger charge is -1.93. The highest BCUT2D eigenvalue weighted by Gasteiger charge is 2.13. The molecule has 0 N–H and O–H groups in total. The van der Waals surface area contributed by atoms with Gasteiger partial charge in [0.15, 0.2) is 9.64 Å². The second-order valence-corrected chi connectivity index (χ2v) is 3.39. The van der Waals surface area contributed by atoms with Crippen molar-refractivity contribution in [1.82, 2.24) is 4.68 Å². The Morgan fingerprint density at radius 2 is 2.08 bits per heavy atom. The van der Waals surface area contributed by atoms with Gasteiger partial charge in [0.1, 0.15) is 5.52 Å². The number of para-hydroxylation sites is 1. The lowest BCUT2D eigenvalue weighted by molar-refractivity contribution is -0.539. The number of hydrogen-bond acceptors (Lipinski definition) is 2. The van der Waals surface area contributed by atoms with Gasteiger partial charge in [0.2, 0.25) is 0 Å². The van der Waals surface area contributed by atoms with Gasteiger partial charge in [0, 0.05) is 5.39 Å². The van der Waals surface area contributed by atoms with Crippen LogP contribution in [0.2, 0.25) is 0 Å². The number of nitrogens with zero attached hydrogens (tertiary/aromatic N) is 2. The summed E-state index contributed by atoms with van der Waals surface area (Å²) in [5.41, 5.74) is 0.597. The van der Waals surface area contributed by atoms with E-state index in [1.54, 1.807) is 18.2 Å². The summed E-state index contributed by atoms with van der Waals surface area (Å²) in [5, 5.41) is 11.0. The molecule has 1 heterocycles. The van der Waals surface area contributed by atoms with Crippen molar-refractivity contribution in [1.29, 1.82) is 0 Å². The van der Waals surface area contributed by atoms with Crippen molar-refractivity contribution in [2.75, 3.05) is 0 Å². The predicted molar refractivity (Wildman–Crippen MR) is 52.0 cm³/mol. The first-order valence-corrected chi connectivity index (χ1v) is 4.40. The van der Waals surface area contributed by atoms with Crippen LogP contribution >= 0.6 is 15.9 Å². The Kier molecular flexibility index (Phi) is 1.81. The van der Waals surface area contributed by atoms with E-state index in [4.69, 9.17) is 0 Å². The predicted octanol–water partition coefficient (Wildman–Crippen LogP) is 2.44. The van der Waals surface area contributed by atoms with Crippen molar-refractivity contribution >= 4 is 26.8 Å². The molecule has 0 aliphatic heterocycles. The van der Waals surface area contributed by atoms with Crippen LogP contribution in [0.25, 0.3) is 10.9 Å². The Bertz CT molecular complexity index is 478. The molecule has 4 nitrogen and oxygen atoms in total. The van der Waals surface area contributed by atoms with Crippen molar-refractivity contribution in [3.8, 4) is 0 Å². The van der Waals surface area contributed by atoms with Crippen LogP contribution in [0.1, 0.15) is 0 Å². The average Bonchev–Trinajstić information content (AvgIpc) is 2.39. The standard InChI is InChI=1S/C8H5BrN2O2/c9-8-5-6-3-1-2-4-7(6)10(8)11(12)13/h1-5H. The molecule has 0 aliphatic carbocycles. The smallest absolute Gasteiger partial charge is 0.170 e. The van der Waals surface area contributed by atoms with Crippen LogP contribution < -0.4 is 0 Å². The third-order valence-electron chi connectivity index (χ3n) is 1.81. The zero-order chi connectivity index (χ0) is 9.42. The van der Waals surface area contributed by atoms with E-state index >= 15 is 0 Å². The van der Waals surface area contributed by atoms with Gasteiger partial charge in [0.25, 0.3) is 0 Å². The highest BCUT2D eigenvalue weighted by molar-refractivity contribution is 9.10. The number of halogens is 1. The molecule has 0 spiro atoms. The second kappa shape index (κ2) is 2.85. The van der Waals surface area contributed by atoms with Gasteiger partial charge in [0.05, 0.1) is 0 Å². The third-order valence-corrected chi connectivity index (χ3v) is 2.37. The molecule has 0 aliphatic rings. The molecular weight excluding hydrogens is 236 g/mol. The van der Waals surface area contributed by atoms with Crippen molar-refractivity contribution in [3.05, 3.63) is 45.0 Å². The molecule has 0 fully saturated rings. The largest absolute Gasteiger partial charge is 0.234 e. The van der Waals surface area contributed by atoms with Crippen molar-refractivity contribution in [2.24, 2.45) is 0 Å². The Balaban J connectivity index is 2.86. The molecule has 13 heavy (non-hydrogen) atoms.